The molecular formula is C14H14N2O2. The fraction of sp³-hybridized carbons (Fsp3) is 0.214. The van der Waals surface area contributed by atoms with Crippen LogP contribution in [-0.4, -0.2) is 4.98 Å². The van der Waals surface area contributed by atoms with E-state index in [1.54, 1.807) is 0 Å². The Morgan fingerprint density at radius 3 is 2.67 bits per heavy atom. The summed E-state index contributed by atoms with van der Waals surface area (Å²) in [5.41, 5.74) is 1.63. The van der Waals surface area contributed by atoms with E-state index < -0.39 is 0 Å². The lowest BCUT2D eigenvalue weighted by Crippen LogP contribution is -2.05. The molecule has 1 aromatic carbocycles. The highest BCUT2D eigenvalue weighted by Crippen LogP contribution is 2.23. The van der Waals surface area contributed by atoms with Crippen molar-refractivity contribution in [3.8, 4) is 0 Å². The number of oxazole rings is 1. The van der Waals surface area contributed by atoms with Crippen LogP contribution < -0.4 is 5.32 Å². The molecule has 0 aliphatic carbocycles. The van der Waals surface area contributed by atoms with Gasteiger partial charge in [0.15, 0.2) is 5.58 Å². The summed E-state index contributed by atoms with van der Waals surface area (Å²) in [7, 11) is 0. The number of hydrogen-bond acceptors (Lipinski definition) is 4. The number of benzene rings is 1. The number of fused-ring (bicyclic) bond motifs is 1. The van der Waals surface area contributed by atoms with Crippen molar-refractivity contribution in [3.63, 3.8) is 0 Å². The third kappa shape index (κ3) is 1.97. The molecule has 0 fully saturated rings. The summed E-state index contributed by atoms with van der Waals surface area (Å²) in [5, 5.41) is 3.19. The molecule has 3 aromatic rings. The van der Waals surface area contributed by atoms with Gasteiger partial charge in [-0.2, -0.15) is 4.98 Å². The molecule has 18 heavy (non-hydrogen) atoms. The van der Waals surface area contributed by atoms with Crippen molar-refractivity contribution in [2.75, 3.05) is 5.32 Å². The molecule has 4 nitrogen and oxygen atoms in total. The van der Waals surface area contributed by atoms with Crippen LogP contribution in [0.2, 0.25) is 0 Å². The van der Waals surface area contributed by atoms with Crippen LogP contribution in [0.15, 0.2) is 45.2 Å². The van der Waals surface area contributed by atoms with Crippen molar-refractivity contribution in [1.29, 1.82) is 0 Å². The molecule has 0 bridgehead atoms. The summed E-state index contributed by atoms with van der Waals surface area (Å²) in [6.07, 6.45) is 0. The fourth-order valence-corrected chi connectivity index (χ4v) is 1.88. The van der Waals surface area contributed by atoms with Gasteiger partial charge in [-0.05, 0) is 38.1 Å². The molecule has 0 amide bonds. The molecule has 4 heteroatoms. The zero-order valence-corrected chi connectivity index (χ0v) is 10.3. The second-order valence-electron chi connectivity index (χ2n) is 4.30. The Labute approximate surface area is 105 Å². The Kier molecular flexibility index (Phi) is 2.55. The first-order chi connectivity index (χ1) is 8.72. The number of nitrogens with zero attached hydrogens (tertiary/aromatic N) is 1. The highest BCUT2D eigenvalue weighted by Gasteiger charge is 2.12. The van der Waals surface area contributed by atoms with Crippen LogP contribution in [0.25, 0.3) is 11.1 Å². The predicted molar refractivity (Wildman–Crippen MR) is 69.5 cm³/mol. The first kappa shape index (κ1) is 10.9. The van der Waals surface area contributed by atoms with Crippen molar-refractivity contribution < 1.29 is 8.83 Å². The number of aromatic nitrogens is 1. The monoisotopic (exact) mass is 242 g/mol. The first-order valence-corrected chi connectivity index (χ1v) is 5.91. The lowest BCUT2D eigenvalue weighted by molar-refractivity contribution is 0.461. The lowest BCUT2D eigenvalue weighted by Gasteiger charge is -2.08. The molecule has 0 saturated heterocycles. The molecule has 1 N–H and O–H groups in total. The van der Waals surface area contributed by atoms with E-state index in [2.05, 4.69) is 10.3 Å². The number of anilines is 1. The van der Waals surface area contributed by atoms with Crippen molar-refractivity contribution >= 4 is 17.1 Å². The average Bonchev–Trinajstić information content (AvgIpc) is 2.94. The summed E-state index contributed by atoms with van der Waals surface area (Å²) in [6, 6.07) is 12.1. The molecule has 0 aliphatic rings. The second kappa shape index (κ2) is 4.22. The normalized spacial score (nSPS) is 12.8. The average molecular weight is 242 g/mol. The highest BCUT2D eigenvalue weighted by atomic mass is 16.4. The van der Waals surface area contributed by atoms with Gasteiger partial charge in [-0.3, -0.25) is 0 Å². The Morgan fingerprint density at radius 2 is 1.94 bits per heavy atom. The van der Waals surface area contributed by atoms with E-state index in [4.69, 9.17) is 8.83 Å². The summed E-state index contributed by atoms with van der Waals surface area (Å²) in [5.74, 6) is 1.77. The van der Waals surface area contributed by atoms with Crippen LogP contribution in [0.5, 0.6) is 0 Å². The number of rotatable bonds is 3. The van der Waals surface area contributed by atoms with Gasteiger partial charge in [-0.1, -0.05) is 12.1 Å². The van der Waals surface area contributed by atoms with E-state index in [0.29, 0.717) is 6.01 Å². The minimum Gasteiger partial charge on any atom is -0.464 e. The van der Waals surface area contributed by atoms with Gasteiger partial charge in [0, 0.05) is 0 Å². The molecule has 0 aliphatic heterocycles. The van der Waals surface area contributed by atoms with Gasteiger partial charge < -0.3 is 14.2 Å². The van der Waals surface area contributed by atoms with E-state index in [1.165, 1.54) is 0 Å². The third-order valence-corrected chi connectivity index (χ3v) is 2.82. The fourth-order valence-electron chi connectivity index (χ4n) is 1.88. The summed E-state index contributed by atoms with van der Waals surface area (Å²) in [4.78, 5) is 4.37. The van der Waals surface area contributed by atoms with Crippen LogP contribution in [-0.2, 0) is 0 Å². The Morgan fingerprint density at radius 1 is 1.11 bits per heavy atom. The summed E-state index contributed by atoms with van der Waals surface area (Å²) >= 11 is 0. The SMILES string of the molecule is Cc1ccc(C(C)Nc2nc3ccccc3o2)o1. The van der Waals surface area contributed by atoms with Gasteiger partial charge >= 0.3 is 0 Å². The van der Waals surface area contributed by atoms with E-state index in [0.717, 1.165) is 22.6 Å². The lowest BCUT2D eigenvalue weighted by atomic mass is 10.2. The highest BCUT2D eigenvalue weighted by molar-refractivity contribution is 5.74. The quantitative estimate of drug-likeness (QED) is 0.756. The zero-order chi connectivity index (χ0) is 12.5. The van der Waals surface area contributed by atoms with E-state index in [1.807, 2.05) is 50.2 Å². The molecule has 0 radical (unpaired) electrons. The number of aryl methyl sites for hydroxylation is 1. The Hall–Kier alpha value is -2.23. The minimum absolute atomic E-state index is 0.0202. The first-order valence-electron chi connectivity index (χ1n) is 5.91. The molecule has 2 heterocycles. The van der Waals surface area contributed by atoms with Gasteiger partial charge in [0.25, 0.3) is 6.01 Å². The maximum Gasteiger partial charge on any atom is 0.296 e. The maximum atomic E-state index is 5.60. The predicted octanol–water partition coefficient (Wildman–Crippen LogP) is 3.90. The van der Waals surface area contributed by atoms with Gasteiger partial charge in [-0.25, -0.2) is 0 Å². The number of hydrogen-bond donors (Lipinski definition) is 1. The molecular weight excluding hydrogens is 228 g/mol. The molecule has 0 saturated carbocycles. The number of para-hydroxylation sites is 2. The Balaban J connectivity index is 1.83. The van der Waals surface area contributed by atoms with Crippen LogP contribution in [0.1, 0.15) is 24.5 Å². The number of nitrogens with one attached hydrogen (secondary N) is 1. The molecule has 0 spiro atoms. The van der Waals surface area contributed by atoms with Gasteiger partial charge in [-0.15, -0.1) is 0 Å². The minimum atomic E-state index is 0.0202. The third-order valence-electron chi connectivity index (χ3n) is 2.82. The van der Waals surface area contributed by atoms with Crippen LogP contribution in [0, 0.1) is 6.92 Å². The molecule has 1 atom stereocenters. The van der Waals surface area contributed by atoms with Crippen LogP contribution in [0.4, 0.5) is 6.01 Å². The number of furan rings is 1. The molecule has 3 rings (SSSR count). The summed E-state index contributed by atoms with van der Waals surface area (Å²) in [6.45, 7) is 3.93. The maximum absolute atomic E-state index is 5.60. The van der Waals surface area contributed by atoms with Gasteiger partial charge in [0.2, 0.25) is 0 Å². The standard InChI is InChI=1S/C14H14N2O2/c1-9-7-8-12(17-9)10(2)15-14-16-11-5-3-4-6-13(11)18-14/h3-8,10H,1-2H3,(H,15,16). The summed E-state index contributed by atoms with van der Waals surface area (Å²) < 4.78 is 11.2. The Bertz CT molecular complexity index is 636. The van der Waals surface area contributed by atoms with Crippen molar-refractivity contribution in [2.24, 2.45) is 0 Å². The molecule has 1 unspecified atom stereocenters. The topological polar surface area (TPSA) is 51.2 Å². The molecule has 2 aromatic heterocycles. The zero-order valence-electron chi connectivity index (χ0n) is 10.3. The van der Waals surface area contributed by atoms with Crippen LogP contribution >= 0.6 is 0 Å². The largest absolute Gasteiger partial charge is 0.464 e. The smallest absolute Gasteiger partial charge is 0.296 e. The van der Waals surface area contributed by atoms with Gasteiger partial charge in [0.1, 0.15) is 17.0 Å². The van der Waals surface area contributed by atoms with Crippen molar-refractivity contribution in [1.82, 2.24) is 4.98 Å². The second-order valence-corrected chi connectivity index (χ2v) is 4.30. The molecule has 92 valence electrons. The van der Waals surface area contributed by atoms with Crippen LogP contribution in [0.3, 0.4) is 0 Å². The van der Waals surface area contributed by atoms with Gasteiger partial charge in [0.05, 0.1) is 6.04 Å². The van der Waals surface area contributed by atoms with E-state index >= 15 is 0 Å². The van der Waals surface area contributed by atoms with E-state index in [-0.39, 0.29) is 6.04 Å². The van der Waals surface area contributed by atoms with Crippen molar-refractivity contribution in [2.45, 2.75) is 19.9 Å². The van der Waals surface area contributed by atoms with Crippen molar-refractivity contribution in [3.05, 3.63) is 47.9 Å². The van der Waals surface area contributed by atoms with E-state index in [9.17, 15) is 0 Å².